The fraction of sp³-hybridized carbons (Fsp3) is 0.350. The second-order valence-electron chi connectivity index (χ2n) is 7.36. The summed E-state index contributed by atoms with van der Waals surface area (Å²) < 4.78 is 17.6. The third-order valence-electron chi connectivity index (χ3n) is 5.11. The highest BCUT2D eigenvalue weighted by Crippen LogP contribution is 2.37. The maximum absolute atomic E-state index is 13.0. The third-order valence-corrected chi connectivity index (χ3v) is 5.43. The maximum Gasteiger partial charge on any atom is 0.496 e. The minimum atomic E-state index is -0.652. The minimum absolute atomic E-state index is 0.142. The summed E-state index contributed by atoms with van der Waals surface area (Å²) in [7, 11) is 0.864. The van der Waals surface area contributed by atoms with Crippen LogP contribution in [0.5, 0.6) is 5.75 Å². The molecule has 2 aromatic rings. The van der Waals surface area contributed by atoms with Gasteiger partial charge in [0.1, 0.15) is 5.75 Å². The molecular formula is C20H22BClO4. The molecule has 1 saturated heterocycles. The molecule has 26 heavy (non-hydrogen) atoms. The van der Waals surface area contributed by atoms with E-state index in [1.54, 1.807) is 24.3 Å². The maximum atomic E-state index is 13.0. The zero-order valence-electron chi connectivity index (χ0n) is 15.6. The molecule has 3 rings (SSSR count). The van der Waals surface area contributed by atoms with E-state index in [9.17, 15) is 4.79 Å². The minimum Gasteiger partial charge on any atom is -0.496 e. The fourth-order valence-electron chi connectivity index (χ4n) is 2.81. The molecule has 0 unspecified atom stereocenters. The summed E-state index contributed by atoms with van der Waals surface area (Å²) in [6, 6.07) is 12.4. The molecule has 0 aliphatic carbocycles. The summed E-state index contributed by atoms with van der Waals surface area (Å²) in [6.07, 6.45) is 0. The predicted molar refractivity (Wildman–Crippen MR) is 104 cm³/mol. The van der Waals surface area contributed by atoms with Gasteiger partial charge in [0.2, 0.25) is 0 Å². The van der Waals surface area contributed by atoms with Crippen LogP contribution in [0.15, 0.2) is 42.5 Å². The Morgan fingerprint density at radius 1 is 1.04 bits per heavy atom. The van der Waals surface area contributed by atoms with E-state index < -0.39 is 18.3 Å². The van der Waals surface area contributed by atoms with E-state index in [-0.39, 0.29) is 5.78 Å². The van der Waals surface area contributed by atoms with Crippen molar-refractivity contribution in [3.63, 3.8) is 0 Å². The highest BCUT2D eigenvalue weighted by Gasteiger charge is 2.52. The second-order valence-corrected chi connectivity index (χ2v) is 7.76. The Kier molecular flexibility index (Phi) is 4.91. The first-order chi connectivity index (χ1) is 12.2. The highest BCUT2D eigenvalue weighted by molar-refractivity contribution is 6.65. The highest BCUT2D eigenvalue weighted by atomic mass is 35.5. The smallest absolute Gasteiger partial charge is 0.496 e. The van der Waals surface area contributed by atoms with E-state index in [1.165, 1.54) is 7.11 Å². The number of halogens is 1. The van der Waals surface area contributed by atoms with Gasteiger partial charge in [-0.05, 0) is 39.8 Å². The number of methoxy groups -OCH3 is 1. The fourth-order valence-corrected chi connectivity index (χ4v) is 3.06. The van der Waals surface area contributed by atoms with E-state index in [1.807, 2.05) is 45.9 Å². The van der Waals surface area contributed by atoms with Gasteiger partial charge in [0.25, 0.3) is 0 Å². The average molecular weight is 373 g/mol. The summed E-state index contributed by atoms with van der Waals surface area (Å²) in [5.74, 6) is 0.279. The molecule has 0 N–H and O–H groups in total. The van der Waals surface area contributed by atoms with Crippen LogP contribution in [0.1, 0.15) is 43.6 Å². The van der Waals surface area contributed by atoms with Crippen molar-refractivity contribution in [1.29, 1.82) is 0 Å². The quantitative estimate of drug-likeness (QED) is 0.603. The number of ether oxygens (including phenoxy) is 1. The van der Waals surface area contributed by atoms with E-state index in [4.69, 9.17) is 25.6 Å². The zero-order chi connectivity index (χ0) is 19.1. The summed E-state index contributed by atoms with van der Waals surface area (Å²) in [5, 5.41) is 0.435. The van der Waals surface area contributed by atoms with Gasteiger partial charge in [-0.25, -0.2) is 0 Å². The first-order valence-corrected chi connectivity index (χ1v) is 8.87. The number of rotatable bonds is 4. The Balaban J connectivity index is 2.05. The number of carbonyl (C=O) groups excluding carboxylic acids is 1. The molecule has 1 heterocycles. The predicted octanol–water partition coefficient (Wildman–Crippen LogP) is 3.88. The summed E-state index contributed by atoms with van der Waals surface area (Å²) >= 11 is 6.45. The van der Waals surface area contributed by atoms with Gasteiger partial charge in [-0.1, -0.05) is 41.9 Å². The van der Waals surface area contributed by atoms with Crippen LogP contribution in [0.4, 0.5) is 0 Å². The van der Waals surface area contributed by atoms with E-state index in [0.717, 1.165) is 0 Å². The number of hydrogen-bond acceptors (Lipinski definition) is 4. The standard InChI is InChI=1S/C20H22BClO4/c1-19(2)20(3,4)26-21(25-19)15-11-14(17(24-5)12-16(15)22)18(23)13-9-7-6-8-10-13/h6-12H,1-5H3. The Morgan fingerprint density at radius 2 is 1.62 bits per heavy atom. The summed E-state index contributed by atoms with van der Waals surface area (Å²) in [4.78, 5) is 13.0. The van der Waals surface area contributed by atoms with Crippen LogP contribution in [0.2, 0.25) is 5.02 Å². The van der Waals surface area contributed by atoms with Crippen molar-refractivity contribution >= 4 is 30.0 Å². The van der Waals surface area contributed by atoms with Gasteiger partial charge in [0.05, 0.1) is 23.9 Å². The lowest BCUT2D eigenvalue weighted by atomic mass is 9.77. The topological polar surface area (TPSA) is 44.8 Å². The van der Waals surface area contributed by atoms with E-state index in [2.05, 4.69) is 0 Å². The van der Waals surface area contributed by atoms with Crippen LogP contribution >= 0.6 is 11.6 Å². The van der Waals surface area contributed by atoms with Crippen LogP contribution in [-0.2, 0) is 9.31 Å². The lowest BCUT2D eigenvalue weighted by Gasteiger charge is -2.32. The molecular weight excluding hydrogens is 350 g/mol. The largest absolute Gasteiger partial charge is 0.496 e. The molecule has 2 aromatic carbocycles. The normalized spacial score (nSPS) is 18.0. The molecule has 1 fully saturated rings. The summed E-state index contributed by atoms with van der Waals surface area (Å²) in [6.45, 7) is 7.89. The van der Waals surface area contributed by atoms with Crippen molar-refractivity contribution in [2.75, 3.05) is 7.11 Å². The Hall–Kier alpha value is -1.82. The number of benzene rings is 2. The van der Waals surface area contributed by atoms with Gasteiger partial charge >= 0.3 is 7.12 Å². The van der Waals surface area contributed by atoms with Crippen LogP contribution in [0, 0.1) is 0 Å². The average Bonchev–Trinajstić information content (AvgIpc) is 2.82. The lowest BCUT2D eigenvalue weighted by molar-refractivity contribution is 0.00578. The van der Waals surface area contributed by atoms with Crippen LogP contribution in [-0.4, -0.2) is 31.2 Å². The first kappa shape index (κ1) is 19.0. The molecule has 6 heteroatoms. The number of ketones is 1. The molecule has 0 bridgehead atoms. The Bertz CT molecular complexity index is 817. The molecule has 0 saturated carbocycles. The molecule has 0 atom stereocenters. The Labute approximate surface area is 159 Å². The molecule has 0 amide bonds. The van der Waals surface area contributed by atoms with Gasteiger partial charge in [-0.15, -0.1) is 0 Å². The van der Waals surface area contributed by atoms with Crippen molar-refractivity contribution in [2.45, 2.75) is 38.9 Å². The van der Waals surface area contributed by atoms with Gasteiger partial charge in [0.15, 0.2) is 5.78 Å². The molecule has 0 aromatic heterocycles. The SMILES string of the molecule is COc1cc(Cl)c(B2OC(C)(C)C(C)(C)O2)cc1C(=O)c1ccccc1. The monoisotopic (exact) mass is 372 g/mol. The first-order valence-electron chi connectivity index (χ1n) is 8.49. The van der Waals surface area contributed by atoms with Crippen molar-refractivity contribution in [3.05, 3.63) is 58.6 Å². The van der Waals surface area contributed by atoms with Crippen molar-refractivity contribution in [1.82, 2.24) is 0 Å². The zero-order valence-corrected chi connectivity index (χ0v) is 16.4. The molecule has 136 valence electrons. The molecule has 1 aliphatic heterocycles. The van der Waals surface area contributed by atoms with Gasteiger partial charge < -0.3 is 14.0 Å². The molecule has 1 aliphatic rings. The van der Waals surface area contributed by atoms with Gasteiger partial charge in [-0.3, -0.25) is 4.79 Å². The number of carbonyl (C=O) groups is 1. The Morgan fingerprint density at radius 3 is 2.15 bits per heavy atom. The van der Waals surface area contributed by atoms with Crippen LogP contribution in [0.25, 0.3) is 0 Å². The van der Waals surface area contributed by atoms with Crippen molar-refractivity contribution in [2.24, 2.45) is 0 Å². The second kappa shape index (κ2) is 6.73. The van der Waals surface area contributed by atoms with E-state index in [0.29, 0.717) is 27.4 Å². The molecule has 4 nitrogen and oxygen atoms in total. The lowest BCUT2D eigenvalue weighted by Crippen LogP contribution is -2.41. The van der Waals surface area contributed by atoms with Crippen molar-refractivity contribution < 1.29 is 18.8 Å². The van der Waals surface area contributed by atoms with Gasteiger partial charge in [0, 0.05) is 16.0 Å². The molecule has 0 spiro atoms. The molecule has 0 radical (unpaired) electrons. The summed E-state index contributed by atoms with van der Waals surface area (Å²) in [5.41, 5.74) is 0.626. The van der Waals surface area contributed by atoms with Gasteiger partial charge in [-0.2, -0.15) is 0 Å². The van der Waals surface area contributed by atoms with Crippen LogP contribution < -0.4 is 10.2 Å². The third kappa shape index (κ3) is 3.27. The van der Waals surface area contributed by atoms with Crippen molar-refractivity contribution in [3.8, 4) is 5.75 Å². The van der Waals surface area contributed by atoms with E-state index >= 15 is 0 Å². The number of hydrogen-bond donors (Lipinski definition) is 0. The van der Waals surface area contributed by atoms with Crippen LogP contribution in [0.3, 0.4) is 0 Å².